The van der Waals surface area contributed by atoms with Gasteiger partial charge in [-0.1, -0.05) is 13.8 Å². The molecule has 0 unspecified atom stereocenters. The molecular formula is C7H15N. The van der Waals surface area contributed by atoms with Gasteiger partial charge in [0.05, 0.1) is 0 Å². The summed E-state index contributed by atoms with van der Waals surface area (Å²) in [6.07, 6.45) is 2.52. The van der Waals surface area contributed by atoms with E-state index in [1.54, 1.807) is 0 Å². The minimum absolute atomic E-state index is 1.08. The lowest BCUT2D eigenvalue weighted by atomic mass is 10.3. The van der Waals surface area contributed by atoms with Crippen LogP contribution >= 0.6 is 0 Å². The molecule has 1 aliphatic heterocycles. The zero-order valence-corrected chi connectivity index (χ0v) is 6.07. The maximum atomic E-state index is 4.15. The summed E-state index contributed by atoms with van der Waals surface area (Å²) in [6, 6.07) is 0. The smallest absolute Gasteiger partial charge is 0.0392 e. The highest BCUT2D eigenvalue weighted by atomic mass is 14.7. The SMILES string of the molecule is CC.CC1=NCCC1. The molecule has 0 atom stereocenters. The van der Waals surface area contributed by atoms with Crippen molar-refractivity contribution in [2.45, 2.75) is 33.6 Å². The molecule has 0 spiro atoms. The molecule has 0 N–H and O–H groups in total. The van der Waals surface area contributed by atoms with Crippen molar-refractivity contribution in [1.29, 1.82) is 0 Å². The van der Waals surface area contributed by atoms with Gasteiger partial charge in [0.15, 0.2) is 0 Å². The van der Waals surface area contributed by atoms with Gasteiger partial charge in [-0.15, -0.1) is 0 Å². The zero-order valence-electron chi connectivity index (χ0n) is 6.07. The van der Waals surface area contributed by atoms with Crippen molar-refractivity contribution in [3.05, 3.63) is 0 Å². The third kappa shape index (κ3) is 2.78. The summed E-state index contributed by atoms with van der Waals surface area (Å²) in [5.41, 5.74) is 1.33. The summed E-state index contributed by atoms with van der Waals surface area (Å²) >= 11 is 0. The average molecular weight is 113 g/mol. The van der Waals surface area contributed by atoms with Crippen molar-refractivity contribution in [3.8, 4) is 0 Å². The number of nitrogens with zero attached hydrogens (tertiary/aromatic N) is 1. The molecule has 1 heterocycles. The van der Waals surface area contributed by atoms with Gasteiger partial charge in [0, 0.05) is 12.3 Å². The third-order valence-corrected chi connectivity index (χ3v) is 1.08. The second kappa shape index (κ2) is 4.82. The topological polar surface area (TPSA) is 12.4 Å². The number of aliphatic imine (C=N–C) groups is 1. The average Bonchev–Trinajstić information content (AvgIpc) is 2.24. The van der Waals surface area contributed by atoms with Crippen molar-refractivity contribution >= 4 is 5.71 Å². The first-order valence-corrected chi connectivity index (χ1v) is 3.39. The van der Waals surface area contributed by atoms with E-state index in [0.717, 1.165) is 6.54 Å². The lowest BCUT2D eigenvalue weighted by Gasteiger charge is -1.76. The highest BCUT2D eigenvalue weighted by molar-refractivity contribution is 5.83. The molecule has 0 aromatic heterocycles. The summed E-state index contributed by atoms with van der Waals surface area (Å²) in [4.78, 5) is 4.15. The van der Waals surface area contributed by atoms with E-state index in [9.17, 15) is 0 Å². The fourth-order valence-electron chi connectivity index (χ4n) is 0.684. The molecule has 0 bridgehead atoms. The molecule has 1 nitrogen and oxygen atoms in total. The molecular weight excluding hydrogens is 98.1 g/mol. The van der Waals surface area contributed by atoms with Crippen LogP contribution < -0.4 is 0 Å². The van der Waals surface area contributed by atoms with Crippen LogP contribution in [0.2, 0.25) is 0 Å². The normalized spacial score (nSPS) is 16.6. The lowest BCUT2D eigenvalue weighted by molar-refractivity contribution is 0.951. The first-order valence-electron chi connectivity index (χ1n) is 3.39. The Kier molecular flexibility index (Phi) is 4.62. The molecule has 8 heavy (non-hydrogen) atoms. The highest BCUT2D eigenvalue weighted by Gasteiger charge is 1.96. The van der Waals surface area contributed by atoms with Crippen LogP contribution in [0.4, 0.5) is 0 Å². The van der Waals surface area contributed by atoms with Gasteiger partial charge in [-0.2, -0.15) is 0 Å². The van der Waals surface area contributed by atoms with E-state index in [1.165, 1.54) is 18.6 Å². The zero-order chi connectivity index (χ0) is 6.41. The molecule has 0 aromatic carbocycles. The van der Waals surface area contributed by atoms with Crippen molar-refractivity contribution in [1.82, 2.24) is 0 Å². The predicted molar refractivity (Wildman–Crippen MR) is 38.6 cm³/mol. The minimum Gasteiger partial charge on any atom is -0.294 e. The van der Waals surface area contributed by atoms with Gasteiger partial charge in [0.2, 0.25) is 0 Å². The molecule has 0 radical (unpaired) electrons. The van der Waals surface area contributed by atoms with E-state index in [4.69, 9.17) is 0 Å². The minimum atomic E-state index is 1.08. The molecule has 0 aliphatic carbocycles. The Morgan fingerprint density at radius 2 is 2.00 bits per heavy atom. The Balaban J connectivity index is 0.000000222. The summed E-state index contributed by atoms with van der Waals surface area (Å²) < 4.78 is 0. The fourth-order valence-corrected chi connectivity index (χ4v) is 0.684. The van der Waals surface area contributed by atoms with E-state index in [1.807, 2.05) is 13.8 Å². The number of hydrogen-bond donors (Lipinski definition) is 0. The number of hydrogen-bond acceptors (Lipinski definition) is 1. The molecule has 48 valence electrons. The quantitative estimate of drug-likeness (QED) is 0.457. The monoisotopic (exact) mass is 113 g/mol. The van der Waals surface area contributed by atoms with Gasteiger partial charge in [-0.25, -0.2) is 0 Å². The van der Waals surface area contributed by atoms with E-state index >= 15 is 0 Å². The lowest BCUT2D eigenvalue weighted by Crippen LogP contribution is -1.77. The van der Waals surface area contributed by atoms with Crippen LogP contribution in [0.25, 0.3) is 0 Å². The second-order valence-electron chi connectivity index (χ2n) is 1.72. The molecule has 0 saturated heterocycles. The van der Waals surface area contributed by atoms with Gasteiger partial charge in [0.25, 0.3) is 0 Å². The summed E-state index contributed by atoms with van der Waals surface area (Å²) in [5, 5.41) is 0. The highest BCUT2D eigenvalue weighted by Crippen LogP contribution is 2.00. The number of rotatable bonds is 0. The largest absolute Gasteiger partial charge is 0.294 e. The van der Waals surface area contributed by atoms with Crippen molar-refractivity contribution in [3.63, 3.8) is 0 Å². The van der Waals surface area contributed by atoms with Gasteiger partial charge >= 0.3 is 0 Å². The van der Waals surface area contributed by atoms with Gasteiger partial charge in [-0.3, -0.25) is 4.99 Å². The van der Waals surface area contributed by atoms with Crippen molar-refractivity contribution in [2.24, 2.45) is 4.99 Å². The molecule has 0 saturated carbocycles. The summed E-state index contributed by atoms with van der Waals surface area (Å²) in [6.45, 7) is 7.17. The summed E-state index contributed by atoms with van der Waals surface area (Å²) in [7, 11) is 0. The summed E-state index contributed by atoms with van der Waals surface area (Å²) in [5.74, 6) is 0. The van der Waals surface area contributed by atoms with Crippen LogP contribution in [0.15, 0.2) is 4.99 Å². The van der Waals surface area contributed by atoms with Crippen molar-refractivity contribution < 1.29 is 0 Å². The van der Waals surface area contributed by atoms with Crippen LogP contribution in [0.3, 0.4) is 0 Å². The maximum Gasteiger partial charge on any atom is 0.0392 e. The molecule has 1 rings (SSSR count). The first kappa shape index (κ1) is 7.67. The van der Waals surface area contributed by atoms with E-state index < -0.39 is 0 Å². The maximum absolute atomic E-state index is 4.15. The van der Waals surface area contributed by atoms with E-state index in [-0.39, 0.29) is 0 Å². The molecule has 0 aromatic rings. The van der Waals surface area contributed by atoms with Gasteiger partial charge in [0.1, 0.15) is 0 Å². The van der Waals surface area contributed by atoms with Crippen LogP contribution in [-0.2, 0) is 0 Å². The van der Waals surface area contributed by atoms with E-state index in [0.29, 0.717) is 0 Å². The van der Waals surface area contributed by atoms with Crippen LogP contribution in [0.5, 0.6) is 0 Å². The van der Waals surface area contributed by atoms with Crippen molar-refractivity contribution in [2.75, 3.05) is 6.54 Å². The standard InChI is InChI=1S/C5H9N.C2H6/c1-5-3-2-4-6-5;1-2/h2-4H2,1H3;1-2H3. The Hall–Kier alpha value is -0.330. The third-order valence-electron chi connectivity index (χ3n) is 1.08. The Labute approximate surface area is 51.8 Å². The first-order chi connectivity index (χ1) is 3.89. The van der Waals surface area contributed by atoms with E-state index in [2.05, 4.69) is 11.9 Å². The predicted octanol–water partition coefficient (Wildman–Crippen LogP) is 2.27. The molecule has 0 amide bonds. The second-order valence-corrected chi connectivity index (χ2v) is 1.72. The molecule has 0 fully saturated rings. The van der Waals surface area contributed by atoms with Gasteiger partial charge < -0.3 is 0 Å². The Morgan fingerprint density at radius 3 is 2.12 bits per heavy atom. The molecule has 1 aliphatic rings. The van der Waals surface area contributed by atoms with Crippen LogP contribution in [0.1, 0.15) is 33.6 Å². The van der Waals surface area contributed by atoms with Crippen LogP contribution in [0, 0.1) is 0 Å². The van der Waals surface area contributed by atoms with Gasteiger partial charge in [-0.05, 0) is 19.8 Å². The fraction of sp³-hybridized carbons (Fsp3) is 0.857. The molecule has 1 heteroatoms. The Morgan fingerprint density at radius 1 is 1.38 bits per heavy atom. The van der Waals surface area contributed by atoms with Crippen LogP contribution in [-0.4, -0.2) is 12.3 Å². The Bertz CT molecular complexity index is 74.5.